The Morgan fingerprint density at radius 2 is 1.60 bits per heavy atom. The average molecular weight is 348 g/mol. The van der Waals surface area contributed by atoms with Crippen LogP contribution in [0.2, 0.25) is 0 Å². The molecule has 6 heteroatoms. The highest BCUT2D eigenvalue weighted by molar-refractivity contribution is 6.00. The zero-order valence-electron chi connectivity index (χ0n) is 15.2. The SMILES string of the molecule is COc1ccc(CC(OC)OC)c(C2(OC)C=CC(=O)C=C2)c1OC. The van der Waals surface area contributed by atoms with Gasteiger partial charge in [0, 0.05) is 33.3 Å². The van der Waals surface area contributed by atoms with Crippen molar-refractivity contribution in [1.29, 1.82) is 0 Å². The lowest BCUT2D eigenvalue weighted by atomic mass is 9.84. The van der Waals surface area contributed by atoms with Crippen LogP contribution in [0.4, 0.5) is 0 Å². The van der Waals surface area contributed by atoms with Crippen molar-refractivity contribution in [2.75, 3.05) is 35.5 Å². The molecule has 0 amide bonds. The molecule has 0 unspecified atom stereocenters. The minimum Gasteiger partial charge on any atom is -0.493 e. The number of ketones is 1. The molecule has 0 heterocycles. The Morgan fingerprint density at radius 3 is 2.08 bits per heavy atom. The van der Waals surface area contributed by atoms with Crippen molar-refractivity contribution in [3.05, 3.63) is 47.6 Å². The minimum atomic E-state index is -0.949. The smallest absolute Gasteiger partial charge is 0.178 e. The molecule has 1 aromatic carbocycles. The predicted octanol–water partition coefficient (Wildman–Crippen LogP) is 2.40. The summed E-state index contributed by atoms with van der Waals surface area (Å²) in [5, 5.41) is 0. The Kier molecular flexibility index (Phi) is 6.36. The van der Waals surface area contributed by atoms with Crippen LogP contribution in [0.5, 0.6) is 11.5 Å². The van der Waals surface area contributed by atoms with E-state index in [0.29, 0.717) is 17.9 Å². The summed E-state index contributed by atoms with van der Waals surface area (Å²) >= 11 is 0. The molecule has 1 aliphatic carbocycles. The molecule has 6 nitrogen and oxygen atoms in total. The van der Waals surface area contributed by atoms with E-state index in [4.69, 9.17) is 23.7 Å². The number of hydrogen-bond acceptors (Lipinski definition) is 6. The van der Waals surface area contributed by atoms with Gasteiger partial charge in [0.05, 0.1) is 14.2 Å². The van der Waals surface area contributed by atoms with Gasteiger partial charge >= 0.3 is 0 Å². The number of hydrogen-bond donors (Lipinski definition) is 0. The Bertz CT molecular complexity index is 657. The summed E-state index contributed by atoms with van der Waals surface area (Å²) in [4.78, 5) is 11.6. The van der Waals surface area contributed by atoms with Gasteiger partial charge in [-0.2, -0.15) is 0 Å². The summed E-state index contributed by atoms with van der Waals surface area (Å²) in [7, 11) is 7.89. The summed E-state index contributed by atoms with van der Waals surface area (Å²) in [6, 6.07) is 3.74. The van der Waals surface area contributed by atoms with Crippen molar-refractivity contribution in [2.24, 2.45) is 0 Å². The van der Waals surface area contributed by atoms with Gasteiger partial charge in [-0.3, -0.25) is 4.79 Å². The predicted molar refractivity (Wildman–Crippen MR) is 93.0 cm³/mol. The number of allylic oxidation sites excluding steroid dienone is 2. The molecular weight excluding hydrogens is 324 g/mol. The highest BCUT2D eigenvalue weighted by atomic mass is 16.7. The van der Waals surface area contributed by atoms with E-state index in [1.54, 1.807) is 47.7 Å². The molecular formula is C19H24O6. The summed E-state index contributed by atoms with van der Waals surface area (Å²) in [5.41, 5.74) is 0.697. The number of methoxy groups -OCH3 is 5. The Balaban J connectivity index is 2.68. The normalized spacial score (nSPS) is 15.7. The van der Waals surface area contributed by atoms with E-state index >= 15 is 0 Å². The maximum Gasteiger partial charge on any atom is 0.178 e. The maximum absolute atomic E-state index is 11.6. The Hall–Kier alpha value is -2.15. The van der Waals surface area contributed by atoms with Gasteiger partial charge in [0.15, 0.2) is 23.6 Å². The molecule has 0 aromatic heterocycles. The van der Waals surface area contributed by atoms with Crippen molar-refractivity contribution in [3.63, 3.8) is 0 Å². The van der Waals surface area contributed by atoms with Gasteiger partial charge in [0.25, 0.3) is 0 Å². The molecule has 1 aromatic rings. The molecule has 25 heavy (non-hydrogen) atoms. The van der Waals surface area contributed by atoms with Crippen LogP contribution >= 0.6 is 0 Å². The molecule has 0 saturated carbocycles. The second-order valence-corrected chi connectivity index (χ2v) is 5.51. The molecule has 136 valence electrons. The molecule has 0 aliphatic heterocycles. The lowest BCUT2D eigenvalue weighted by Gasteiger charge is -2.32. The fourth-order valence-electron chi connectivity index (χ4n) is 2.94. The molecule has 0 bridgehead atoms. The van der Waals surface area contributed by atoms with E-state index in [-0.39, 0.29) is 5.78 Å². The summed E-state index contributed by atoms with van der Waals surface area (Å²) in [6.07, 6.45) is 6.44. The van der Waals surface area contributed by atoms with Gasteiger partial charge in [-0.1, -0.05) is 6.07 Å². The topological polar surface area (TPSA) is 63.2 Å². The quantitative estimate of drug-likeness (QED) is 0.672. The fraction of sp³-hybridized carbons (Fsp3) is 0.421. The third-order valence-corrected chi connectivity index (χ3v) is 4.26. The van der Waals surface area contributed by atoms with Crippen LogP contribution in [-0.4, -0.2) is 47.6 Å². The fourth-order valence-corrected chi connectivity index (χ4v) is 2.94. The summed E-state index contributed by atoms with van der Waals surface area (Å²) < 4.78 is 27.5. The van der Waals surface area contributed by atoms with Gasteiger partial charge in [0.1, 0.15) is 5.60 Å². The Morgan fingerprint density at radius 1 is 0.960 bits per heavy atom. The highest BCUT2D eigenvalue weighted by Gasteiger charge is 2.36. The zero-order valence-corrected chi connectivity index (χ0v) is 15.2. The maximum atomic E-state index is 11.6. The molecule has 0 saturated heterocycles. The largest absolute Gasteiger partial charge is 0.493 e. The van der Waals surface area contributed by atoms with Crippen LogP contribution in [0.3, 0.4) is 0 Å². The van der Waals surface area contributed by atoms with Crippen molar-refractivity contribution < 1.29 is 28.5 Å². The van der Waals surface area contributed by atoms with E-state index < -0.39 is 11.9 Å². The van der Waals surface area contributed by atoms with Gasteiger partial charge in [-0.15, -0.1) is 0 Å². The van der Waals surface area contributed by atoms with Crippen LogP contribution < -0.4 is 9.47 Å². The molecule has 0 atom stereocenters. The van der Waals surface area contributed by atoms with E-state index in [2.05, 4.69) is 0 Å². The second-order valence-electron chi connectivity index (χ2n) is 5.51. The van der Waals surface area contributed by atoms with Gasteiger partial charge < -0.3 is 23.7 Å². The summed E-state index contributed by atoms with van der Waals surface area (Å²) in [5.74, 6) is 1.02. The minimum absolute atomic E-state index is 0.0947. The van der Waals surface area contributed by atoms with Crippen LogP contribution in [0.15, 0.2) is 36.4 Å². The van der Waals surface area contributed by atoms with E-state index in [9.17, 15) is 4.79 Å². The second kappa shape index (κ2) is 8.29. The first kappa shape index (κ1) is 19.2. The molecule has 0 radical (unpaired) electrons. The number of ether oxygens (including phenoxy) is 5. The first-order valence-corrected chi connectivity index (χ1v) is 7.82. The first-order valence-electron chi connectivity index (χ1n) is 7.82. The van der Waals surface area contributed by atoms with Crippen LogP contribution in [0, 0.1) is 0 Å². The van der Waals surface area contributed by atoms with E-state index in [1.165, 1.54) is 12.2 Å². The third kappa shape index (κ3) is 3.76. The van der Waals surface area contributed by atoms with Crippen LogP contribution in [0.25, 0.3) is 0 Å². The number of carbonyl (C=O) groups is 1. The van der Waals surface area contributed by atoms with Gasteiger partial charge in [0.2, 0.25) is 0 Å². The first-order chi connectivity index (χ1) is 12.0. The highest BCUT2D eigenvalue weighted by Crippen LogP contribution is 2.44. The number of rotatable bonds is 8. The standard InChI is InChI=1S/C19H24O6/c1-21-15-7-6-13(12-16(22-2)23-3)17(18(15)24-4)19(25-5)10-8-14(20)9-11-19/h6-11,16H,12H2,1-5H3. The van der Waals surface area contributed by atoms with Crippen molar-refractivity contribution in [1.82, 2.24) is 0 Å². The molecule has 1 aliphatic rings. The van der Waals surface area contributed by atoms with Gasteiger partial charge in [-0.25, -0.2) is 0 Å². The van der Waals surface area contributed by atoms with Crippen molar-refractivity contribution in [3.8, 4) is 11.5 Å². The van der Waals surface area contributed by atoms with Crippen molar-refractivity contribution >= 4 is 5.78 Å². The molecule has 2 rings (SSSR count). The van der Waals surface area contributed by atoms with Crippen molar-refractivity contribution in [2.45, 2.75) is 18.3 Å². The average Bonchev–Trinajstić information content (AvgIpc) is 2.66. The monoisotopic (exact) mass is 348 g/mol. The van der Waals surface area contributed by atoms with E-state index in [1.807, 2.05) is 12.1 Å². The van der Waals surface area contributed by atoms with Gasteiger partial charge in [-0.05, 0) is 35.9 Å². The van der Waals surface area contributed by atoms with Crippen LogP contribution in [-0.2, 0) is 31.0 Å². The Labute approximate surface area is 148 Å². The number of carbonyl (C=O) groups excluding carboxylic acids is 1. The molecule has 0 N–H and O–H groups in total. The zero-order chi connectivity index (χ0) is 18.4. The van der Waals surface area contributed by atoms with Crippen LogP contribution in [0.1, 0.15) is 11.1 Å². The summed E-state index contributed by atoms with van der Waals surface area (Å²) in [6.45, 7) is 0. The lowest BCUT2D eigenvalue weighted by molar-refractivity contribution is -0.110. The molecule has 0 spiro atoms. The number of benzene rings is 1. The third-order valence-electron chi connectivity index (χ3n) is 4.26. The lowest BCUT2D eigenvalue weighted by Crippen LogP contribution is -2.29. The molecule has 0 fully saturated rings. The van der Waals surface area contributed by atoms with E-state index in [0.717, 1.165) is 11.1 Å².